The number of rotatable bonds is 4. The molecule has 2 heteroatoms. The summed E-state index contributed by atoms with van der Waals surface area (Å²) in [5.74, 6) is 0. The molecule has 17 heavy (non-hydrogen) atoms. The van der Waals surface area contributed by atoms with E-state index >= 15 is 0 Å². The first-order valence-corrected chi connectivity index (χ1v) is 6.46. The first-order valence-electron chi connectivity index (χ1n) is 6.46. The molecule has 0 radical (unpaired) electrons. The van der Waals surface area contributed by atoms with E-state index in [0.717, 1.165) is 26.3 Å². The van der Waals surface area contributed by atoms with Crippen molar-refractivity contribution in [3.05, 3.63) is 34.4 Å². The van der Waals surface area contributed by atoms with Gasteiger partial charge in [0, 0.05) is 6.54 Å². The fourth-order valence-electron chi connectivity index (χ4n) is 2.60. The molecule has 1 N–H and O–H groups in total. The Balaban J connectivity index is 2.34. The summed E-state index contributed by atoms with van der Waals surface area (Å²) in [6.45, 7) is 12.5. The summed E-state index contributed by atoms with van der Waals surface area (Å²) < 4.78 is 5.47. The first-order chi connectivity index (χ1) is 8.10. The summed E-state index contributed by atoms with van der Waals surface area (Å²) in [4.78, 5) is 0. The van der Waals surface area contributed by atoms with Crippen LogP contribution in [-0.4, -0.2) is 26.3 Å². The van der Waals surface area contributed by atoms with E-state index in [2.05, 4.69) is 45.1 Å². The molecule has 0 atom stereocenters. The average Bonchev–Trinajstić information content (AvgIpc) is 2.27. The van der Waals surface area contributed by atoms with E-state index in [0.29, 0.717) is 0 Å². The average molecular weight is 233 g/mol. The van der Waals surface area contributed by atoms with Crippen molar-refractivity contribution in [1.29, 1.82) is 0 Å². The van der Waals surface area contributed by atoms with Gasteiger partial charge in [-0.25, -0.2) is 0 Å². The molecule has 1 aliphatic heterocycles. The molecule has 1 aromatic carbocycles. The molecule has 1 fully saturated rings. The van der Waals surface area contributed by atoms with Crippen molar-refractivity contribution in [1.82, 2.24) is 5.32 Å². The Labute approximate surface area is 104 Å². The normalized spacial score (nSPS) is 17.9. The van der Waals surface area contributed by atoms with Gasteiger partial charge in [0.1, 0.15) is 0 Å². The molecule has 1 heterocycles. The van der Waals surface area contributed by atoms with Crippen molar-refractivity contribution < 1.29 is 4.74 Å². The van der Waals surface area contributed by atoms with Crippen LogP contribution >= 0.6 is 0 Å². The van der Waals surface area contributed by atoms with Crippen LogP contribution in [0.1, 0.15) is 29.2 Å². The van der Waals surface area contributed by atoms with E-state index in [1.54, 1.807) is 0 Å². The van der Waals surface area contributed by atoms with Crippen LogP contribution < -0.4 is 5.32 Å². The Kier molecular flexibility index (Phi) is 3.55. The zero-order valence-corrected chi connectivity index (χ0v) is 11.4. The van der Waals surface area contributed by atoms with Crippen LogP contribution in [0.15, 0.2) is 12.1 Å². The van der Waals surface area contributed by atoms with E-state index in [1.807, 2.05) is 0 Å². The van der Waals surface area contributed by atoms with Crippen LogP contribution in [0.2, 0.25) is 0 Å². The molecule has 1 saturated heterocycles. The van der Waals surface area contributed by atoms with E-state index in [-0.39, 0.29) is 5.41 Å². The van der Waals surface area contributed by atoms with Gasteiger partial charge in [-0.2, -0.15) is 0 Å². The number of ether oxygens (including phenoxy) is 1. The van der Waals surface area contributed by atoms with Gasteiger partial charge in [-0.15, -0.1) is 0 Å². The molecule has 2 nitrogen and oxygen atoms in total. The second-order valence-corrected chi connectivity index (χ2v) is 5.23. The number of likely N-dealkylation sites (N-methyl/N-ethyl adjacent to an activating group) is 1. The quantitative estimate of drug-likeness (QED) is 0.862. The highest BCUT2D eigenvalue weighted by atomic mass is 16.5. The van der Waals surface area contributed by atoms with Gasteiger partial charge in [0.15, 0.2) is 0 Å². The molecule has 0 aliphatic carbocycles. The van der Waals surface area contributed by atoms with E-state index < -0.39 is 0 Å². The molecule has 1 aliphatic rings. The number of nitrogens with one attached hydrogen (secondary N) is 1. The molecular formula is C15H23NO. The molecule has 0 amide bonds. The second kappa shape index (κ2) is 4.79. The molecule has 94 valence electrons. The lowest BCUT2D eigenvalue weighted by Gasteiger charge is -2.43. The van der Waals surface area contributed by atoms with Gasteiger partial charge in [-0.1, -0.05) is 19.1 Å². The van der Waals surface area contributed by atoms with Gasteiger partial charge in [0.25, 0.3) is 0 Å². The topological polar surface area (TPSA) is 21.3 Å². The summed E-state index contributed by atoms with van der Waals surface area (Å²) in [6, 6.07) is 4.53. The maximum atomic E-state index is 5.47. The van der Waals surface area contributed by atoms with Crippen molar-refractivity contribution in [2.75, 3.05) is 26.3 Å². The molecule has 0 aromatic heterocycles. The predicted molar refractivity (Wildman–Crippen MR) is 71.7 cm³/mol. The van der Waals surface area contributed by atoms with Crippen molar-refractivity contribution in [2.45, 2.75) is 33.1 Å². The third-order valence-electron chi connectivity index (χ3n) is 4.10. The van der Waals surface area contributed by atoms with Crippen LogP contribution in [0, 0.1) is 20.8 Å². The lowest BCUT2D eigenvalue weighted by Crippen LogP contribution is -2.53. The number of benzene rings is 1. The highest BCUT2D eigenvalue weighted by molar-refractivity contribution is 5.44. The molecule has 2 rings (SSSR count). The van der Waals surface area contributed by atoms with Crippen LogP contribution in [0.3, 0.4) is 0 Å². The largest absolute Gasteiger partial charge is 0.379 e. The maximum absolute atomic E-state index is 5.47. The fourth-order valence-corrected chi connectivity index (χ4v) is 2.60. The smallest absolute Gasteiger partial charge is 0.0598 e. The number of aryl methyl sites for hydroxylation is 1. The zero-order chi connectivity index (χ0) is 12.5. The molecule has 0 bridgehead atoms. The van der Waals surface area contributed by atoms with E-state index in [1.165, 1.54) is 22.3 Å². The first kappa shape index (κ1) is 12.6. The predicted octanol–water partition coefficient (Wildman–Crippen LogP) is 2.49. The molecule has 0 spiro atoms. The third-order valence-corrected chi connectivity index (χ3v) is 4.10. The molecule has 0 unspecified atom stereocenters. The summed E-state index contributed by atoms with van der Waals surface area (Å²) in [5, 5.41) is 3.47. The fraction of sp³-hybridized carbons (Fsp3) is 0.600. The SMILES string of the molecule is CCNCC1(c2ccc(C)c(C)c2C)COC1. The lowest BCUT2D eigenvalue weighted by atomic mass is 9.75. The Bertz CT molecular complexity index is 408. The van der Waals surface area contributed by atoms with E-state index in [4.69, 9.17) is 4.74 Å². The highest BCUT2D eigenvalue weighted by Gasteiger charge is 2.41. The van der Waals surface area contributed by atoms with Crippen LogP contribution in [0.5, 0.6) is 0 Å². The minimum Gasteiger partial charge on any atom is -0.379 e. The van der Waals surface area contributed by atoms with Crippen molar-refractivity contribution >= 4 is 0 Å². The van der Waals surface area contributed by atoms with Gasteiger partial charge >= 0.3 is 0 Å². The number of hydrogen-bond donors (Lipinski definition) is 1. The summed E-state index contributed by atoms with van der Waals surface area (Å²) >= 11 is 0. The molecular weight excluding hydrogens is 210 g/mol. The van der Waals surface area contributed by atoms with Crippen LogP contribution in [-0.2, 0) is 10.2 Å². The maximum Gasteiger partial charge on any atom is 0.0598 e. The standard InChI is InChI=1S/C15H23NO/c1-5-16-8-15(9-17-10-15)14-7-6-11(2)12(3)13(14)4/h6-7,16H,5,8-10H2,1-4H3. The summed E-state index contributed by atoms with van der Waals surface area (Å²) in [5.41, 5.74) is 5.91. The Morgan fingerprint density at radius 1 is 1.18 bits per heavy atom. The monoisotopic (exact) mass is 233 g/mol. The van der Waals surface area contributed by atoms with Crippen LogP contribution in [0.25, 0.3) is 0 Å². The van der Waals surface area contributed by atoms with Gasteiger partial charge in [0.2, 0.25) is 0 Å². The van der Waals surface area contributed by atoms with Crippen molar-refractivity contribution in [3.8, 4) is 0 Å². The van der Waals surface area contributed by atoms with E-state index in [9.17, 15) is 0 Å². The van der Waals surface area contributed by atoms with Gasteiger partial charge in [-0.05, 0) is 49.6 Å². The Hall–Kier alpha value is -0.860. The Morgan fingerprint density at radius 3 is 2.41 bits per heavy atom. The van der Waals surface area contributed by atoms with Crippen molar-refractivity contribution in [3.63, 3.8) is 0 Å². The summed E-state index contributed by atoms with van der Waals surface area (Å²) in [7, 11) is 0. The van der Waals surface area contributed by atoms with Crippen LogP contribution in [0.4, 0.5) is 0 Å². The Morgan fingerprint density at radius 2 is 1.88 bits per heavy atom. The zero-order valence-electron chi connectivity index (χ0n) is 11.4. The minimum atomic E-state index is 0.207. The molecule has 1 aromatic rings. The minimum absolute atomic E-state index is 0.207. The highest BCUT2D eigenvalue weighted by Crippen LogP contribution is 2.35. The summed E-state index contributed by atoms with van der Waals surface area (Å²) in [6.07, 6.45) is 0. The lowest BCUT2D eigenvalue weighted by molar-refractivity contribution is -0.0591. The van der Waals surface area contributed by atoms with Crippen molar-refractivity contribution in [2.24, 2.45) is 0 Å². The van der Waals surface area contributed by atoms with Gasteiger partial charge in [0.05, 0.1) is 18.6 Å². The second-order valence-electron chi connectivity index (χ2n) is 5.23. The van der Waals surface area contributed by atoms with Gasteiger partial charge in [-0.3, -0.25) is 0 Å². The molecule has 0 saturated carbocycles. The van der Waals surface area contributed by atoms with Gasteiger partial charge < -0.3 is 10.1 Å². The number of hydrogen-bond acceptors (Lipinski definition) is 2. The third kappa shape index (κ3) is 2.12.